The van der Waals surface area contributed by atoms with Crippen molar-refractivity contribution in [2.45, 2.75) is 26.5 Å². The van der Waals surface area contributed by atoms with Gasteiger partial charge < -0.3 is 9.64 Å². The van der Waals surface area contributed by atoms with Crippen molar-refractivity contribution in [1.29, 1.82) is 0 Å². The summed E-state index contributed by atoms with van der Waals surface area (Å²) in [6.45, 7) is 3.49. The van der Waals surface area contributed by atoms with Crippen LogP contribution in [0.1, 0.15) is 22.3 Å². The molecule has 0 unspecified atom stereocenters. The average molecular weight is 450 g/mol. The molecule has 7 heteroatoms. The summed E-state index contributed by atoms with van der Waals surface area (Å²) in [4.78, 5) is 14.3. The Kier molecular flexibility index (Phi) is 5.34. The van der Waals surface area contributed by atoms with Gasteiger partial charge in [-0.25, -0.2) is 4.79 Å². The van der Waals surface area contributed by atoms with Crippen LogP contribution in [0.25, 0.3) is 21.3 Å². The molecule has 0 bridgehead atoms. The van der Waals surface area contributed by atoms with Crippen molar-refractivity contribution >= 4 is 39.1 Å². The highest BCUT2D eigenvalue weighted by Crippen LogP contribution is 2.37. The lowest BCUT2D eigenvalue weighted by Crippen LogP contribution is -2.36. The highest BCUT2D eigenvalue weighted by Gasteiger charge is 2.23. The largest absolute Gasteiger partial charge is 0.445 e. The van der Waals surface area contributed by atoms with Gasteiger partial charge in [0.25, 0.3) is 0 Å². The zero-order valence-corrected chi connectivity index (χ0v) is 18.5. The Morgan fingerprint density at radius 2 is 2.00 bits per heavy atom. The first kappa shape index (κ1) is 20.0. The molecule has 2 aromatic heterocycles. The fourth-order valence-electron chi connectivity index (χ4n) is 3.92. The monoisotopic (exact) mass is 449 g/mol. The van der Waals surface area contributed by atoms with E-state index in [2.05, 4.69) is 27.7 Å². The van der Waals surface area contributed by atoms with Crippen LogP contribution in [0, 0.1) is 6.92 Å². The Labute approximate surface area is 189 Å². The number of benzene rings is 2. The molecule has 156 valence electrons. The molecule has 3 heterocycles. The van der Waals surface area contributed by atoms with Crippen LogP contribution in [0.3, 0.4) is 0 Å². The SMILES string of the molecule is Cc1csc2c(-c3ccc4c(c3)CCN(C(=O)OCc3ccccc3)C4)nnc(Cl)c12. The van der Waals surface area contributed by atoms with Crippen LogP contribution in [-0.4, -0.2) is 27.7 Å². The summed E-state index contributed by atoms with van der Waals surface area (Å²) < 4.78 is 6.55. The predicted molar refractivity (Wildman–Crippen MR) is 123 cm³/mol. The summed E-state index contributed by atoms with van der Waals surface area (Å²) in [5.41, 5.74) is 6.33. The number of halogens is 1. The van der Waals surface area contributed by atoms with Gasteiger partial charge in [0.15, 0.2) is 5.15 Å². The molecule has 1 amide bonds. The lowest BCUT2D eigenvalue weighted by molar-refractivity contribution is 0.0919. The van der Waals surface area contributed by atoms with Gasteiger partial charge in [-0.1, -0.05) is 54.1 Å². The molecule has 0 saturated heterocycles. The lowest BCUT2D eigenvalue weighted by Gasteiger charge is -2.28. The topological polar surface area (TPSA) is 55.3 Å². The molecule has 31 heavy (non-hydrogen) atoms. The number of carbonyl (C=O) groups excluding carboxylic acids is 1. The molecule has 1 aliphatic heterocycles. The standard InChI is InChI=1S/C24H20ClN3O2S/c1-15-14-31-22-20(15)23(25)27-26-21(22)18-7-8-19-12-28(10-9-17(19)11-18)24(29)30-13-16-5-3-2-4-6-16/h2-8,11,14H,9-10,12-13H2,1H3. The van der Waals surface area contributed by atoms with Gasteiger partial charge in [0.05, 0.1) is 4.70 Å². The minimum atomic E-state index is -0.280. The Bertz CT molecular complexity index is 1270. The number of rotatable bonds is 3. The zero-order chi connectivity index (χ0) is 21.4. The first-order valence-corrected chi connectivity index (χ1v) is 11.3. The van der Waals surface area contributed by atoms with E-state index < -0.39 is 0 Å². The third-order valence-electron chi connectivity index (χ3n) is 5.59. The maximum absolute atomic E-state index is 12.5. The smallest absolute Gasteiger partial charge is 0.410 e. The summed E-state index contributed by atoms with van der Waals surface area (Å²) in [6, 6.07) is 16.0. The third kappa shape index (κ3) is 3.89. The van der Waals surface area contributed by atoms with E-state index in [4.69, 9.17) is 16.3 Å². The summed E-state index contributed by atoms with van der Waals surface area (Å²) in [5, 5.41) is 12.0. The number of aryl methyl sites for hydroxylation is 1. The Morgan fingerprint density at radius 1 is 1.16 bits per heavy atom. The first-order valence-electron chi connectivity index (χ1n) is 10.1. The zero-order valence-electron chi connectivity index (χ0n) is 17.0. The first-order chi connectivity index (χ1) is 15.1. The molecular weight excluding hydrogens is 430 g/mol. The number of ether oxygens (including phenoxy) is 1. The number of thiophene rings is 1. The molecule has 0 saturated carbocycles. The predicted octanol–water partition coefficient (Wildman–Crippen LogP) is 6.02. The Morgan fingerprint density at radius 3 is 2.84 bits per heavy atom. The molecule has 5 rings (SSSR count). The fourth-order valence-corrected chi connectivity index (χ4v) is 5.32. The average Bonchev–Trinajstić information content (AvgIpc) is 3.20. The Balaban J connectivity index is 1.34. The summed E-state index contributed by atoms with van der Waals surface area (Å²) in [7, 11) is 0. The maximum Gasteiger partial charge on any atom is 0.410 e. The second kappa shape index (κ2) is 8.29. The number of hydrogen-bond donors (Lipinski definition) is 0. The molecule has 0 atom stereocenters. The van der Waals surface area contributed by atoms with Gasteiger partial charge in [0.2, 0.25) is 0 Å². The number of fused-ring (bicyclic) bond motifs is 2. The van der Waals surface area contributed by atoms with Gasteiger partial charge in [0, 0.05) is 24.0 Å². The number of carbonyl (C=O) groups is 1. The summed E-state index contributed by atoms with van der Waals surface area (Å²) in [5.74, 6) is 0. The van der Waals surface area contributed by atoms with Crippen molar-refractivity contribution in [3.05, 3.63) is 81.3 Å². The number of hydrogen-bond acceptors (Lipinski definition) is 5. The second-order valence-corrected chi connectivity index (χ2v) is 8.90. The highest BCUT2D eigenvalue weighted by atomic mass is 35.5. The maximum atomic E-state index is 12.5. The van der Waals surface area contributed by atoms with Gasteiger partial charge in [0.1, 0.15) is 12.3 Å². The van der Waals surface area contributed by atoms with Crippen LogP contribution in [0.5, 0.6) is 0 Å². The molecule has 0 spiro atoms. The van der Waals surface area contributed by atoms with E-state index in [1.807, 2.05) is 43.3 Å². The highest BCUT2D eigenvalue weighted by molar-refractivity contribution is 7.18. The van der Waals surface area contributed by atoms with Crippen molar-refractivity contribution in [3.63, 3.8) is 0 Å². The van der Waals surface area contributed by atoms with Crippen molar-refractivity contribution in [2.75, 3.05) is 6.54 Å². The lowest BCUT2D eigenvalue weighted by atomic mass is 9.96. The van der Waals surface area contributed by atoms with Gasteiger partial charge >= 0.3 is 6.09 Å². The van der Waals surface area contributed by atoms with E-state index >= 15 is 0 Å². The van der Waals surface area contributed by atoms with E-state index in [1.54, 1.807) is 16.2 Å². The molecule has 0 radical (unpaired) electrons. The molecule has 1 aliphatic rings. The minimum Gasteiger partial charge on any atom is -0.445 e. The molecule has 0 aliphatic carbocycles. The summed E-state index contributed by atoms with van der Waals surface area (Å²) >= 11 is 7.91. The van der Waals surface area contributed by atoms with Crippen molar-refractivity contribution in [2.24, 2.45) is 0 Å². The van der Waals surface area contributed by atoms with E-state index in [0.29, 0.717) is 18.2 Å². The number of aromatic nitrogens is 2. The van der Waals surface area contributed by atoms with Crippen molar-refractivity contribution in [1.82, 2.24) is 15.1 Å². The van der Waals surface area contributed by atoms with Crippen molar-refractivity contribution in [3.8, 4) is 11.3 Å². The van der Waals surface area contributed by atoms with Crippen LogP contribution in [0.4, 0.5) is 4.79 Å². The molecule has 2 aromatic carbocycles. The van der Waals surface area contributed by atoms with Crippen molar-refractivity contribution < 1.29 is 9.53 Å². The van der Waals surface area contributed by atoms with E-state index in [0.717, 1.165) is 44.5 Å². The molecular formula is C24H20ClN3O2S. The van der Waals surface area contributed by atoms with Gasteiger partial charge in [-0.15, -0.1) is 21.5 Å². The van der Waals surface area contributed by atoms with Gasteiger partial charge in [-0.05, 0) is 47.0 Å². The van der Waals surface area contributed by atoms with Crippen LogP contribution in [-0.2, 0) is 24.3 Å². The molecule has 0 N–H and O–H groups in total. The Hall–Kier alpha value is -2.96. The number of amides is 1. The quantitative estimate of drug-likeness (QED) is 0.384. The van der Waals surface area contributed by atoms with E-state index in [-0.39, 0.29) is 12.7 Å². The normalized spacial score (nSPS) is 13.3. The summed E-state index contributed by atoms with van der Waals surface area (Å²) in [6.07, 6.45) is 0.495. The van der Waals surface area contributed by atoms with E-state index in [1.165, 1.54) is 5.56 Å². The third-order valence-corrected chi connectivity index (χ3v) is 6.96. The minimum absolute atomic E-state index is 0.280. The van der Waals surface area contributed by atoms with Crippen LogP contribution >= 0.6 is 22.9 Å². The van der Waals surface area contributed by atoms with Crippen LogP contribution in [0.15, 0.2) is 53.9 Å². The molecule has 4 aromatic rings. The van der Waals surface area contributed by atoms with E-state index in [9.17, 15) is 4.79 Å². The molecule has 0 fully saturated rings. The van der Waals surface area contributed by atoms with Gasteiger partial charge in [-0.3, -0.25) is 0 Å². The van der Waals surface area contributed by atoms with Crippen LogP contribution < -0.4 is 0 Å². The fraction of sp³-hybridized carbons (Fsp3) is 0.208. The van der Waals surface area contributed by atoms with Gasteiger partial charge in [-0.2, -0.15) is 0 Å². The molecule has 5 nitrogen and oxygen atoms in total. The second-order valence-electron chi connectivity index (χ2n) is 7.66. The van der Waals surface area contributed by atoms with Crippen LogP contribution in [0.2, 0.25) is 5.15 Å². The number of nitrogens with zero attached hydrogens (tertiary/aromatic N) is 3.